The van der Waals surface area contributed by atoms with Crippen LogP contribution in [0, 0.1) is 10.8 Å². The third-order valence-corrected chi connectivity index (χ3v) is 0.371. The topological polar surface area (TPSA) is 93.8 Å². The van der Waals surface area contributed by atoms with Gasteiger partial charge < -0.3 is 21.0 Å². The molecule has 4 nitrogen and oxygen atoms in total. The molecular weight excluding hydrogens is 333 g/mol. The Hall–Kier alpha value is -0.645. The molecule has 0 saturated carbocycles. The Kier molecular flexibility index (Phi) is 18.4. The van der Waals surface area contributed by atoms with Crippen LogP contribution < -0.4 is 10.2 Å². The van der Waals surface area contributed by atoms with Crippen LogP contribution in [0.1, 0.15) is 0 Å². The molecule has 0 aliphatic carbocycles. The number of rotatable bonds is 2. The predicted octanol–water partition coefficient (Wildman–Crippen LogP) is -0.983. The zero-order chi connectivity index (χ0) is 8.57. The van der Waals surface area contributed by atoms with Gasteiger partial charge in [0.2, 0.25) is 0 Å². The molecule has 5 heteroatoms. The van der Waals surface area contributed by atoms with Crippen molar-refractivity contribution in [3.05, 3.63) is 25.3 Å². The second-order valence-electron chi connectivity index (χ2n) is 1.14. The summed E-state index contributed by atoms with van der Waals surface area (Å²) in [6, 6.07) is 0. The van der Waals surface area contributed by atoms with Gasteiger partial charge in [0.25, 0.3) is 0 Å². The van der Waals surface area contributed by atoms with Gasteiger partial charge in [0.1, 0.15) is 0 Å². The Bertz CT molecular complexity index is 139. The van der Waals surface area contributed by atoms with Crippen molar-refractivity contribution in [1.82, 2.24) is 0 Å². The average molecular weight is 341 g/mol. The molecular formula is C6H8HgN2O2. The van der Waals surface area contributed by atoms with E-state index in [1.165, 1.54) is 0 Å². The van der Waals surface area contributed by atoms with Crippen LogP contribution in [0.2, 0.25) is 0 Å². The zero-order valence-electron chi connectivity index (χ0n) is 6.09. The fourth-order valence-corrected chi connectivity index (χ4v) is 0. The quantitative estimate of drug-likeness (QED) is 0.384. The number of hydrogen-bond acceptors (Lipinski definition) is 4. The van der Waals surface area contributed by atoms with Gasteiger partial charge in [0.05, 0.1) is 0 Å². The fourth-order valence-electron chi connectivity index (χ4n) is 0. The first-order valence-corrected chi connectivity index (χ1v) is 2.30. The monoisotopic (exact) mass is 342 g/mol. The normalized spacial score (nSPS) is 5.82. The molecule has 0 radical (unpaired) electrons. The summed E-state index contributed by atoms with van der Waals surface area (Å²) in [6.07, 6.45) is 1.89. The van der Waals surface area contributed by atoms with E-state index in [0.717, 1.165) is 12.2 Å². The van der Waals surface area contributed by atoms with E-state index in [1.54, 1.807) is 0 Å². The second-order valence-corrected chi connectivity index (χ2v) is 1.14. The first kappa shape index (κ1) is 16.8. The maximum Gasteiger partial charge on any atom is 2.00 e. The van der Waals surface area contributed by atoms with E-state index in [1.807, 2.05) is 0 Å². The molecule has 0 aromatic rings. The Morgan fingerprint density at radius 2 is 1.09 bits per heavy atom. The second kappa shape index (κ2) is 12.1. The molecule has 11 heavy (non-hydrogen) atoms. The SMILES string of the molecule is C=CC(=N)[O-].C=CC(=N)[O-].[Hg+2]. The Morgan fingerprint density at radius 1 is 1.00 bits per heavy atom. The summed E-state index contributed by atoms with van der Waals surface area (Å²) >= 11 is 0. The van der Waals surface area contributed by atoms with Crippen molar-refractivity contribution in [1.29, 1.82) is 10.8 Å². The van der Waals surface area contributed by atoms with Crippen LogP contribution >= 0.6 is 0 Å². The summed E-state index contributed by atoms with van der Waals surface area (Å²) in [6.45, 7) is 6.05. The van der Waals surface area contributed by atoms with E-state index in [9.17, 15) is 10.2 Å². The molecule has 0 bridgehead atoms. The first-order valence-electron chi connectivity index (χ1n) is 2.30. The van der Waals surface area contributed by atoms with Crippen molar-refractivity contribution < 1.29 is 37.9 Å². The molecule has 0 atom stereocenters. The van der Waals surface area contributed by atoms with Gasteiger partial charge in [-0.3, -0.25) is 0 Å². The van der Waals surface area contributed by atoms with Crippen molar-refractivity contribution in [3.8, 4) is 0 Å². The molecule has 0 amide bonds. The summed E-state index contributed by atoms with van der Waals surface area (Å²) in [5, 5.41) is 30.9. The van der Waals surface area contributed by atoms with Gasteiger partial charge in [-0.2, -0.15) is 0 Å². The first-order chi connectivity index (χ1) is 4.54. The van der Waals surface area contributed by atoms with E-state index in [0.29, 0.717) is 0 Å². The van der Waals surface area contributed by atoms with Crippen LogP contribution in [-0.2, 0) is 27.7 Å². The molecule has 0 spiro atoms. The fraction of sp³-hybridized carbons (Fsp3) is 0. The van der Waals surface area contributed by atoms with Gasteiger partial charge in [-0.05, 0) is 11.8 Å². The van der Waals surface area contributed by atoms with E-state index in [2.05, 4.69) is 13.2 Å². The Balaban J connectivity index is -0.000000107. The molecule has 0 aromatic carbocycles. The molecule has 0 rings (SSSR count). The van der Waals surface area contributed by atoms with Crippen LogP contribution in [0.15, 0.2) is 25.3 Å². The minimum absolute atomic E-state index is 0. The standard InChI is InChI=1S/2C3H5NO.Hg/c2*1-2-3(4)5;/h2*2H,1H2,(H2,4,5);/q;;+2/p-2. The maximum atomic E-state index is 9.36. The summed E-state index contributed by atoms with van der Waals surface area (Å²) in [7, 11) is 0. The third-order valence-electron chi connectivity index (χ3n) is 0.371. The summed E-state index contributed by atoms with van der Waals surface area (Å²) in [5.74, 6) is -1.46. The molecule has 0 aliphatic heterocycles. The van der Waals surface area contributed by atoms with Gasteiger partial charge in [0, 0.05) is 0 Å². The van der Waals surface area contributed by atoms with E-state index in [-0.39, 0.29) is 27.7 Å². The predicted molar refractivity (Wildman–Crippen MR) is 35.8 cm³/mol. The van der Waals surface area contributed by atoms with Crippen molar-refractivity contribution in [3.63, 3.8) is 0 Å². The van der Waals surface area contributed by atoms with Crippen LogP contribution in [0.4, 0.5) is 0 Å². The minimum atomic E-state index is -0.731. The van der Waals surface area contributed by atoms with Crippen molar-refractivity contribution in [2.75, 3.05) is 0 Å². The molecule has 0 heterocycles. The summed E-state index contributed by atoms with van der Waals surface area (Å²) in [4.78, 5) is 0. The van der Waals surface area contributed by atoms with E-state index >= 15 is 0 Å². The van der Waals surface area contributed by atoms with E-state index < -0.39 is 11.8 Å². The van der Waals surface area contributed by atoms with Gasteiger partial charge in [0.15, 0.2) is 0 Å². The van der Waals surface area contributed by atoms with Crippen LogP contribution in [-0.4, -0.2) is 11.8 Å². The van der Waals surface area contributed by atoms with Crippen molar-refractivity contribution in [2.24, 2.45) is 0 Å². The molecule has 0 unspecified atom stereocenters. The third kappa shape index (κ3) is 45.0. The van der Waals surface area contributed by atoms with Gasteiger partial charge in [-0.1, -0.05) is 25.3 Å². The molecule has 0 aromatic heterocycles. The molecule has 56 valence electrons. The summed E-state index contributed by atoms with van der Waals surface area (Å²) < 4.78 is 0. The minimum Gasteiger partial charge on any atom is -0.859 e. The van der Waals surface area contributed by atoms with Gasteiger partial charge in [-0.15, -0.1) is 0 Å². The number of nitrogens with one attached hydrogen (secondary N) is 2. The molecule has 0 aliphatic rings. The molecule has 0 saturated heterocycles. The Morgan fingerprint density at radius 3 is 1.09 bits per heavy atom. The molecule has 0 fully saturated rings. The largest absolute Gasteiger partial charge is 2.00 e. The molecule has 2 N–H and O–H groups in total. The maximum absolute atomic E-state index is 9.36. The van der Waals surface area contributed by atoms with Crippen molar-refractivity contribution in [2.45, 2.75) is 0 Å². The zero-order valence-corrected chi connectivity index (χ0v) is 11.6. The summed E-state index contributed by atoms with van der Waals surface area (Å²) in [5.41, 5.74) is 0. The van der Waals surface area contributed by atoms with Gasteiger partial charge in [-0.25, -0.2) is 0 Å². The number of hydrogen-bond donors (Lipinski definition) is 2. The van der Waals surface area contributed by atoms with Crippen LogP contribution in [0.25, 0.3) is 0 Å². The van der Waals surface area contributed by atoms with Gasteiger partial charge >= 0.3 is 27.7 Å². The Labute approximate surface area is 85.8 Å². The van der Waals surface area contributed by atoms with Crippen LogP contribution in [0.5, 0.6) is 0 Å². The smallest absolute Gasteiger partial charge is 0.859 e. The average Bonchev–Trinajstić information content (AvgIpc) is 1.89. The van der Waals surface area contributed by atoms with Crippen LogP contribution in [0.3, 0.4) is 0 Å². The van der Waals surface area contributed by atoms with Crippen molar-refractivity contribution >= 4 is 11.8 Å². The van der Waals surface area contributed by atoms with E-state index in [4.69, 9.17) is 10.8 Å².